The summed E-state index contributed by atoms with van der Waals surface area (Å²) in [6.07, 6.45) is 0.420. The Morgan fingerprint density at radius 1 is 1.25 bits per heavy atom. The van der Waals surface area contributed by atoms with Gasteiger partial charge in [-0.05, 0) is 38.8 Å². The van der Waals surface area contributed by atoms with Crippen molar-refractivity contribution >= 4 is 5.91 Å². The minimum Gasteiger partial charge on any atom is -0.352 e. The van der Waals surface area contributed by atoms with Crippen LogP contribution in [0.2, 0.25) is 0 Å². The monoisotopic (exact) mass is 271 g/mol. The number of hydrogen-bond donors (Lipinski definition) is 2. The minimum atomic E-state index is 0.0405. The topological polar surface area (TPSA) is 57.8 Å². The third kappa shape index (κ3) is 3.26. The lowest BCUT2D eigenvalue weighted by molar-refractivity contribution is -0.120. The molecule has 2 rings (SSSR count). The number of benzene rings is 1. The van der Waals surface area contributed by atoms with Crippen molar-refractivity contribution in [2.24, 2.45) is 0 Å². The summed E-state index contributed by atoms with van der Waals surface area (Å²) in [5.41, 5.74) is 6.44. The summed E-state index contributed by atoms with van der Waals surface area (Å²) >= 11 is 0. The van der Waals surface area contributed by atoms with Crippen LogP contribution in [0.4, 0.5) is 0 Å². The molecule has 0 aliphatic carbocycles. The molecule has 0 atom stereocenters. The molecule has 106 valence electrons. The zero-order valence-electron chi connectivity index (χ0n) is 12.5. The predicted octanol–water partition coefficient (Wildman–Crippen LogP) is 2.50. The van der Waals surface area contributed by atoms with Gasteiger partial charge in [-0.1, -0.05) is 23.8 Å². The number of aromatic amines is 1. The number of aryl methyl sites for hydroxylation is 4. The van der Waals surface area contributed by atoms with Crippen molar-refractivity contribution in [1.82, 2.24) is 15.5 Å². The summed E-state index contributed by atoms with van der Waals surface area (Å²) in [6.45, 7) is 8.51. The maximum absolute atomic E-state index is 12.1. The number of hydrogen-bond acceptors (Lipinski definition) is 2. The average molecular weight is 271 g/mol. The molecule has 0 aliphatic heterocycles. The molecule has 0 saturated carbocycles. The molecule has 0 aliphatic rings. The smallest absolute Gasteiger partial charge is 0.224 e. The number of rotatable bonds is 4. The number of carbonyl (C=O) groups excluding carboxylic acids is 1. The summed E-state index contributed by atoms with van der Waals surface area (Å²) in [4.78, 5) is 12.1. The molecular formula is C16H21N3O. The maximum atomic E-state index is 12.1. The lowest BCUT2D eigenvalue weighted by atomic mass is 10.0. The van der Waals surface area contributed by atoms with Crippen LogP contribution in [0.5, 0.6) is 0 Å². The van der Waals surface area contributed by atoms with Crippen LogP contribution in [-0.2, 0) is 17.8 Å². The van der Waals surface area contributed by atoms with Crippen molar-refractivity contribution in [1.29, 1.82) is 0 Å². The first-order valence-corrected chi connectivity index (χ1v) is 6.80. The first-order chi connectivity index (χ1) is 9.47. The number of nitrogens with one attached hydrogen (secondary N) is 2. The van der Waals surface area contributed by atoms with Gasteiger partial charge in [-0.3, -0.25) is 9.89 Å². The summed E-state index contributed by atoms with van der Waals surface area (Å²) in [5, 5.41) is 10.0. The van der Waals surface area contributed by atoms with Crippen LogP contribution in [0.25, 0.3) is 0 Å². The van der Waals surface area contributed by atoms with Crippen molar-refractivity contribution in [3.63, 3.8) is 0 Å². The van der Waals surface area contributed by atoms with Gasteiger partial charge >= 0.3 is 0 Å². The van der Waals surface area contributed by atoms with Gasteiger partial charge in [0.05, 0.1) is 12.1 Å². The molecule has 1 amide bonds. The summed E-state index contributed by atoms with van der Waals surface area (Å²) < 4.78 is 0. The number of H-pyrrole nitrogens is 1. The van der Waals surface area contributed by atoms with Crippen molar-refractivity contribution in [3.8, 4) is 0 Å². The Kier molecular flexibility index (Phi) is 4.23. The first kappa shape index (κ1) is 14.3. The Morgan fingerprint density at radius 2 is 2.00 bits per heavy atom. The predicted molar refractivity (Wildman–Crippen MR) is 79.5 cm³/mol. The Labute approximate surface area is 119 Å². The van der Waals surface area contributed by atoms with Gasteiger partial charge in [-0.2, -0.15) is 5.10 Å². The number of carbonyl (C=O) groups is 1. The molecule has 1 aromatic heterocycles. The van der Waals surface area contributed by atoms with E-state index in [1.54, 1.807) is 0 Å². The molecule has 0 unspecified atom stereocenters. The first-order valence-electron chi connectivity index (χ1n) is 6.80. The van der Waals surface area contributed by atoms with Crippen LogP contribution in [0.1, 0.15) is 33.6 Å². The highest BCUT2D eigenvalue weighted by atomic mass is 16.1. The van der Waals surface area contributed by atoms with E-state index in [0.29, 0.717) is 13.0 Å². The summed E-state index contributed by atoms with van der Waals surface area (Å²) in [7, 11) is 0. The molecule has 4 nitrogen and oxygen atoms in total. The van der Waals surface area contributed by atoms with E-state index in [1.807, 2.05) is 27.7 Å². The van der Waals surface area contributed by atoms with Crippen LogP contribution in [0, 0.1) is 27.7 Å². The molecule has 1 aromatic carbocycles. The number of amides is 1. The van der Waals surface area contributed by atoms with E-state index in [0.717, 1.165) is 28.1 Å². The van der Waals surface area contributed by atoms with E-state index in [9.17, 15) is 4.79 Å². The van der Waals surface area contributed by atoms with Gasteiger partial charge < -0.3 is 5.32 Å². The van der Waals surface area contributed by atoms with Gasteiger partial charge in [0, 0.05) is 17.8 Å². The molecule has 2 aromatic rings. The van der Waals surface area contributed by atoms with Crippen LogP contribution in [0.15, 0.2) is 18.2 Å². The van der Waals surface area contributed by atoms with Gasteiger partial charge in [0.2, 0.25) is 5.91 Å². The number of nitrogens with zero attached hydrogens (tertiary/aromatic N) is 1. The highest BCUT2D eigenvalue weighted by Crippen LogP contribution is 2.12. The molecule has 2 N–H and O–H groups in total. The fourth-order valence-corrected chi connectivity index (χ4v) is 2.25. The second-order valence-electron chi connectivity index (χ2n) is 5.30. The highest BCUT2D eigenvalue weighted by molar-refractivity contribution is 5.79. The minimum absolute atomic E-state index is 0.0405. The zero-order chi connectivity index (χ0) is 14.7. The summed E-state index contributed by atoms with van der Waals surface area (Å²) in [6, 6.07) is 6.19. The van der Waals surface area contributed by atoms with Crippen molar-refractivity contribution < 1.29 is 4.79 Å². The van der Waals surface area contributed by atoms with E-state index in [1.165, 1.54) is 5.56 Å². The molecule has 0 radical (unpaired) electrons. The van der Waals surface area contributed by atoms with Gasteiger partial charge in [0.15, 0.2) is 0 Å². The van der Waals surface area contributed by atoms with Gasteiger partial charge in [-0.25, -0.2) is 0 Å². The van der Waals surface area contributed by atoms with E-state index >= 15 is 0 Å². The van der Waals surface area contributed by atoms with Crippen LogP contribution >= 0.6 is 0 Å². The fraction of sp³-hybridized carbons (Fsp3) is 0.375. The van der Waals surface area contributed by atoms with Crippen LogP contribution in [0.3, 0.4) is 0 Å². The molecule has 1 heterocycles. The third-order valence-corrected chi connectivity index (χ3v) is 3.60. The Morgan fingerprint density at radius 3 is 2.65 bits per heavy atom. The second-order valence-corrected chi connectivity index (χ2v) is 5.30. The SMILES string of the molecule is Cc1ccc(C)c(CC(=O)NCc2c(C)n[nH]c2C)c1. The van der Waals surface area contributed by atoms with Crippen molar-refractivity contribution in [2.45, 2.75) is 40.7 Å². The lowest BCUT2D eigenvalue weighted by Crippen LogP contribution is -2.25. The van der Waals surface area contributed by atoms with Crippen LogP contribution in [-0.4, -0.2) is 16.1 Å². The Balaban J connectivity index is 1.98. The van der Waals surface area contributed by atoms with Crippen molar-refractivity contribution in [3.05, 3.63) is 51.8 Å². The Hall–Kier alpha value is -2.10. The molecular weight excluding hydrogens is 250 g/mol. The fourth-order valence-electron chi connectivity index (χ4n) is 2.25. The van der Waals surface area contributed by atoms with E-state index in [-0.39, 0.29) is 5.91 Å². The molecule has 0 fully saturated rings. The average Bonchev–Trinajstić information content (AvgIpc) is 2.71. The highest BCUT2D eigenvalue weighted by Gasteiger charge is 2.09. The molecule has 0 spiro atoms. The number of aromatic nitrogens is 2. The maximum Gasteiger partial charge on any atom is 0.224 e. The summed E-state index contributed by atoms with van der Waals surface area (Å²) in [5.74, 6) is 0.0405. The Bertz CT molecular complexity index is 609. The largest absolute Gasteiger partial charge is 0.352 e. The van der Waals surface area contributed by atoms with Crippen LogP contribution < -0.4 is 5.32 Å². The molecule has 20 heavy (non-hydrogen) atoms. The van der Waals surface area contributed by atoms with E-state index in [2.05, 4.69) is 33.7 Å². The van der Waals surface area contributed by atoms with Gasteiger partial charge in [0.25, 0.3) is 0 Å². The molecule has 4 heteroatoms. The molecule has 0 saturated heterocycles. The molecule has 0 bridgehead atoms. The van der Waals surface area contributed by atoms with E-state index < -0.39 is 0 Å². The van der Waals surface area contributed by atoms with Gasteiger partial charge in [-0.15, -0.1) is 0 Å². The quantitative estimate of drug-likeness (QED) is 0.897. The van der Waals surface area contributed by atoms with E-state index in [4.69, 9.17) is 0 Å². The zero-order valence-corrected chi connectivity index (χ0v) is 12.5. The van der Waals surface area contributed by atoms with Gasteiger partial charge in [0.1, 0.15) is 0 Å². The third-order valence-electron chi connectivity index (χ3n) is 3.60. The lowest BCUT2D eigenvalue weighted by Gasteiger charge is -2.08. The second kappa shape index (κ2) is 5.90. The normalized spacial score (nSPS) is 10.6. The standard InChI is InChI=1S/C16H21N3O/c1-10-5-6-11(2)14(7-10)8-16(20)17-9-15-12(3)18-19-13(15)4/h5-7H,8-9H2,1-4H3,(H,17,20)(H,18,19). The van der Waals surface area contributed by atoms with Crippen molar-refractivity contribution in [2.75, 3.05) is 0 Å².